The second kappa shape index (κ2) is 6.95. The van der Waals surface area contributed by atoms with Gasteiger partial charge in [-0.2, -0.15) is 0 Å². The molecule has 0 bridgehead atoms. The number of carbonyl (C=O) groups excluding carboxylic acids is 1. The first-order chi connectivity index (χ1) is 9.22. The molecule has 0 N–H and O–H groups in total. The molecule has 1 aliphatic rings. The van der Waals surface area contributed by atoms with E-state index in [0.29, 0.717) is 18.9 Å². The average Bonchev–Trinajstić information content (AvgIpc) is 2.87. The van der Waals surface area contributed by atoms with Crippen molar-refractivity contribution in [2.24, 2.45) is 0 Å². The summed E-state index contributed by atoms with van der Waals surface area (Å²) in [6, 6.07) is 0. The molecule has 19 heavy (non-hydrogen) atoms. The Balaban J connectivity index is 1.89. The fraction of sp³-hybridized carbons (Fsp3) is 0.667. The van der Waals surface area contributed by atoms with Crippen molar-refractivity contribution in [3.05, 3.63) is 16.1 Å². The number of aromatic nitrogens is 1. The molecular weight excluding hydrogens is 268 g/mol. The zero-order chi connectivity index (χ0) is 13.7. The van der Waals surface area contributed by atoms with E-state index < -0.39 is 0 Å². The van der Waals surface area contributed by atoms with Crippen LogP contribution in [0.25, 0.3) is 0 Å². The molecule has 7 heteroatoms. The van der Waals surface area contributed by atoms with E-state index in [-0.39, 0.29) is 12.1 Å². The Morgan fingerprint density at radius 2 is 2.47 bits per heavy atom. The maximum atomic E-state index is 11.3. The second-order valence-corrected chi connectivity index (χ2v) is 5.24. The number of ether oxygens (including phenoxy) is 3. The van der Waals surface area contributed by atoms with Crippen LogP contribution < -0.4 is 0 Å². The molecule has 1 fully saturated rings. The molecule has 0 aliphatic carbocycles. The quantitative estimate of drug-likeness (QED) is 0.745. The molecule has 0 radical (unpaired) electrons. The van der Waals surface area contributed by atoms with Crippen LogP contribution in [-0.2, 0) is 20.8 Å². The second-order valence-electron chi connectivity index (χ2n) is 4.30. The van der Waals surface area contributed by atoms with Crippen LogP contribution in [0.5, 0.6) is 0 Å². The number of hydrogen-bond donors (Lipinski definition) is 0. The number of carbonyl (C=O) groups is 1. The third-order valence-corrected chi connectivity index (χ3v) is 3.71. The lowest BCUT2D eigenvalue weighted by Crippen LogP contribution is -2.43. The lowest BCUT2D eigenvalue weighted by atomic mass is 10.3. The van der Waals surface area contributed by atoms with Gasteiger partial charge in [-0.15, -0.1) is 11.3 Å². The number of esters is 1. The van der Waals surface area contributed by atoms with Crippen LogP contribution in [0.3, 0.4) is 0 Å². The van der Waals surface area contributed by atoms with Gasteiger partial charge in [0.1, 0.15) is 5.01 Å². The fourth-order valence-corrected chi connectivity index (χ4v) is 2.79. The largest absolute Gasteiger partial charge is 0.464 e. The van der Waals surface area contributed by atoms with Gasteiger partial charge in [0.2, 0.25) is 0 Å². The number of hydrogen-bond acceptors (Lipinski definition) is 7. The third-order valence-electron chi connectivity index (χ3n) is 2.88. The van der Waals surface area contributed by atoms with Gasteiger partial charge in [-0.05, 0) is 0 Å². The van der Waals surface area contributed by atoms with E-state index in [4.69, 9.17) is 9.47 Å². The Bertz CT molecular complexity index is 422. The predicted molar refractivity (Wildman–Crippen MR) is 70.3 cm³/mol. The summed E-state index contributed by atoms with van der Waals surface area (Å²) < 4.78 is 15.3. The Morgan fingerprint density at radius 1 is 1.63 bits per heavy atom. The molecule has 2 rings (SSSR count). The monoisotopic (exact) mass is 286 g/mol. The Kier molecular flexibility index (Phi) is 5.26. The predicted octanol–water partition coefficient (Wildman–Crippen LogP) is 0.777. The van der Waals surface area contributed by atoms with E-state index >= 15 is 0 Å². The molecule has 6 nitrogen and oxygen atoms in total. The summed E-state index contributed by atoms with van der Waals surface area (Å²) in [6.45, 7) is 3.71. The van der Waals surface area contributed by atoms with Crippen molar-refractivity contribution in [1.29, 1.82) is 0 Å². The van der Waals surface area contributed by atoms with E-state index in [1.165, 1.54) is 18.4 Å². The van der Waals surface area contributed by atoms with Crippen molar-refractivity contribution in [1.82, 2.24) is 9.88 Å². The number of nitrogens with zero attached hydrogens (tertiary/aromatic N) is 2. The topological polar surface area (TPSA) is 60.9 Å². The first kappa shape index (κ1) is 14.4. The van der Waals surface area contributed by atoms with Gasteiger partial charge < -0.3 is 14.2 Å². The summed E-state index contributed by atoms with van der Waals surface area (Å²) >= 11 is 1.48. The highest BCUT2D eigenvalue weighted by Crippen LogP contribution is 2.15. The normalized spacial score (nSPS) is 20.4. The smallest absolute Gasteiger partial charge is 0.357 e. The summed E-state index contributed by atoms with van der Waals surface area (Å²) in [4.78, 5) is 17.9. The van der Waals surface area contributed by atoms with Gasteiger partial charge in [0.25, 0.3) is 0 Å². The van der Waals surface area contributed by atoms with Crippen LogP contribution in [0.15, 0.2) is 5.38 Å². The first-order valence-corrected chi connectivity index (χ1v) is 6.96. The average molecular weight is 286 g/mol. The van der Waals surface area contributed by atoms with E-state index in [1.807, 2.05) is 0 Å². The highest BCUT2D eigenvalue weighted by molar-refractivity contribution is 7.09. The molecule has 0 unspecified atom stereocenters. The van der Waals surface area contributed by atoms with Crippen molar-refractivity contribution < 1.29 is 19.0 Å². The summed E-state index contributed by atoms with van der Waals surface area (Å²) in [5.74, 6) is -0.387. The number of methoxy groups -OCH3 is 2. The maximum absolute atomic E-state index is 11.3. The number of thiazole rings is 1. The van der Waals surface area contributed by atoms with E-state index in [9.17, 15) is 4.79 Å². The van der Waals surface area contributed by atoms with Crippen molar-refractivity contribution in [2.45, 2.75) is 12.6 Å². The van der Waals surface area contributed by atoms with Gasteiger partial charge >= 0.3 is 5.97 Å². The number of morpholine rings is 1. The lowest BCUT2D eigenvalue weighted by Gasteiger charge is -2.31. The molecule has 2 heterocycles. The standard InChI is InChI=1S/C12H18N2O4S/c1-16-7-9-5-14(3-4-18-9)6-11-13-10(8-19-11)12(15)17-2/h8-9H,3-7H2,1-2H3/t9-/m1/s1. The Morgan fingerprint density at radius 3 is 3.21 bits per heavy atom. The molecule has 1 atom stereocenters. The maximum Gasteiger partial charge on any atom is 0.357 e. The van der Waals surface area contributed by atoms with Gasteiger partial charge in [-0.3, -0.25) is 4.90 Å². The molecule has 0 aromatic carbocycles. The van der Waals surface area contributed by atoms with Crippen LogP contribution in [-0.4, -0.2) is 62.5 Å². The zero-order valence-electron chi connectivity index (χ0n) is 11.1. The minimum Gasteiger partial charge on any atom is -0.464 e. The minimum atomic E-state index is -0.387. The molecule has 106 valence electrons. The van der Waals surface area contributed by atoms with Gasteiger partial charge in [-0.1, -0.05) is 0 Å². The van der Waals surface area contributed by atoms with Crippen molar-refractivity contribution in [3.63, 3.8) is 0 Å². The van der Waals surface area contributed by atoms with Gasteiger partial charge in [0, 0.05) is 25.6 Å². The summed E-state index contributed by atoms with van der Waals surface area (Å²) in [5.41, 5.74) is 0.379. The molecule has 1 saturated heterocycles. The number of rotatable bonds is 5. The van der Waals surface area contributed by atoms with Crippen LogP contribution in [0.4, 0.5) is 0 Å². The molecular formula is C12H18N2O4S. The van der Waals surface area contributed by atoms with Gasteiger partial charge in [0.05, 0.1) is 33.0 Å². The lowest BCUT2D eigenvalue weighted by molar-refractivity contribution is -0.0631. The van der Waals surface area contributed by atoms with Crippen LogP contribution >= 0.6 is 11.3 Å². The summed E-state index contributed by atoms with van der Waals surface area (Å²) in [5, 5.41) is 2.65. The van der Waals surface area contributed by atoms with Crippen molar-refractivity contribution in [2.75, 3.05) is 40.5 Å². The molecule has 0 saturated carbocycles. The van der Waals surface area contributed by atoms with Crippen LogP contribution in [0, 0.1) is 0 Å². The van der Waals surface area contributed by atoms with Crippen LogP contribution in [0.2, 0.25) is 0 Å². The van der Waals surface area contributed by atoms with Gasteiger partial charge in [0.15, 0.2) is 5.69 Å². The SMILES string of the molecule is COC[C@H]1CN(Cc2nc(C(=O)OC)cs2)CCO1. The van der Waals surface area contributed by atoms with Gasteiger partial charge in [-0.25, -0.2) is 9.78 Å². The first-order valence-electron chi connectivity index (χ1n) is 6.08. The Hall–Kier alpha value is -1.02. The Labute approximate surface area is 116 Å². The van der Waals surface area contributed by atoms with Crippen LogP contribution in [0.1, 0.15) is 15.5 Å². The highest BCUT2D eigenvalue weighted by atomic mass is 32.1. The molecule has 1 aliphatic heterocycles. The fourth-order valence-electron chi connectivity index (χ4n) is 1.98. The highest BCUT2D eigenvalue weighted by Gasteiger charge is 2.21. The minimum absolute atomic E-state index is 0.110. The molecule has 1 aromatic rings. The molecule has 0 spiro atoms. The van der Waals surface area contributed by atoms with Crippen molar-refractivity contribution in [3.8, 4) is 0 Å². The zero-order valence-corrected chi connectivity index (χ0v) is 11.9. The van der Waals surface area contributed by atoms with E-state index in [1.54, 1.807) is 12.5 Å². The van der Waals surface area contributed by atoms with E-state index in [2.05, 4.69) is 14.6 Å². The third kappa shape index (κ3) is 3.97. The van der Waals surface area contributed by atoms with Crippen molar-refractivity contribution >= 4 is 17.3 Å². The van der Waals surface area contributed by atoms with E-state index in [0.717, 1.165) is 24.6 Å². The summed E-state index contributed by atoms with van der Waals surface area (Å²) in [6.07, 6.45) is 0.110. The molecule has 0 amide bonds. The molecule has 1 aromatic heterocycles. The summed E-state index contributed by atoms with van der Waals surface area (Å²) in [7, 11) is 3.03.